The molecular weight excluding hydrogens is 386 g/mol. The second-order valence-corrected chi connectivity index (χ2v) is 10.2. The summed E-state index contributed by atoms with van der Waals surface area (Å²) in [6.07, 6.45) is 4.62. The Bertz CT molecular complexity index is 937. The highest BCUT2D eigenvalue weighted by atomic mass is 16.3. The lowest BCUT2D eigenvalue weighted by Crippen LogP contribution is -2.61. The minimum atomic E-state index is -1.58. The van der Waals surface area contributed by atoms with Crippen LogP contribution in [-0.2, 0) is 9.59 Å². The van der Waals surface area contributed by atoms with Crippen molar-refractivity contribution in [3.8, 4) is 0 Å². The van der Waals surface area contributed by atoms with Gasteiger partial charge in [-0.1, -0.05) is 32.0 Å². The standard InChI is InChI=1S/C22H29N3O5/c1-19-6-7-20(2)12(4-5-22(20,30)18(29)11-26)13(19)8-15(24-25-23)14-9-16(27)17(28)10-21(14,19)3/h8-9,12-13,17,26,28,30H,4-7,10-11H2,1-3H3/t12-,13-,17?,19-,20-,21-,22-/m0/s1. The quantitative estimate of drug-likeness (QED) is 0.369. The Kier molecular flexibility index (Phi) is 4.61. The fourth-order valence-corrected chi connectivity index (χ4v) is 7.19. The predicted molar refractivity (Wildman–Crippen MR) is 108 cm³/mol. The van der Waals surface area contributed by atoms with Crippen molar-refractivity contribution in [3.05, 3.63) is 33.9 Å². The molecule has 8 heteroatoms. The summed E-state index contributed by atoms with van der Waals surface area (Å²) < 4.78 is 0. The van der Waals surface area contributed by atoms with E-state index in [-0.39, 0.29) is 35.9 Å². The van der Waals surface area contributed by atoms with Gasteiger partial charge in [0.25, 0.3) is 0 Å². The lowest BCUT2D eigenvalue weighted by Gasteiger charge is -2.63. The molecule has 0 aliphatic heterocycles. The van der Waals surface area contributed by atoms with Crippen LogP contribution in [0.1, 0.15) is 52.9 Å². The highest BCUT2D eigenvalue weighted by Gasteiger charge is 2.69. The summed E-state index contributed by atoms with van der Waals surface area (Å²) in [6.45, 7) is 5.39. The third-order valence-corrected chi connectivity index (χ3v) is 9.36. The third kappa shape index (κ3) is 2.36. The van der Waals surface area contributed by atoms with Crippen LogP contribution in [-0.4, -0.2) is 45.2 Å². The molecule has 4 aliphatic carbocycles. The van der Waals surface area contributed by atoms with Gasteiger partial charge in [0.2, 0.25) is 0 Å². The Morgan fingerprint density at radius 2 is 1.93 bits per heavy atom. The topological polar surface area (TPSA) is 144 Å². The molecule has 0 aromatic heterocycles. The van der Waals surface area contributed by atoms with Crippen molar-refractivity contribution in [1.29, 1.82) is 0 Å². The maximum absolute atomic E-state index is 12.5. The molecule has 0 aromatic rings. The average molecular weight is 415 g/mol. The summed E-state index contributed by atoms with van der Waals surface area (Å²) in [4.78, 5) is 27.7. The van der Waals surface area contributed by atoms with E-state index in [2.05, 4.69) is 16.9 Å². The van der Waals surface area contributed by atoms with Crippen molar-refractivity contribution >= 4 is 11.6 Å². The van der Waals surface area contributed by atoms with Gasteiger partial charge in [-0.05, 0) is 66.5 Å². The number of carbonyl (C=O) groups is 2. The summed E-state index contributed by atoms with van der Waals surface area (Å²) in [5, 5.41) is 35.1. The number of azide groups is 1. The Morgan fingerprint density at radius 1 is 1.27 bits per heavy atom. The van der Waals surface area contributed by atoms with Gasteiger partial charge in [-0.25, -0.2) is 0 Å². The first-order valence-electron chi connectivity index (χ1n) is 10.6. The van der Waals surface area contributed by atoms with Crippen molar-refractivity contribution in [3.63, 3.8) is 0 Å². The lowest BCUT2D eigenvalue weighted by molar-refractivity contribution is -0.170. The van der Waals surface area contributed by atoms with Crippen LogP contribution in [0, 0.1) is 28.1 Å². The summed E-state index contributed by atoms with van der Waals surface area (Å²) in [7, 11) is 0. The molecule has 0 aromatic carbocycles. The molecule has 4 rings (SSSR count). The van der Waals surface area contributed by atoms with Crippen LogP contribution in [0.4, 0.5) is 0 Å². The molecule has 0 spiro atoms. The van der Waals surface area contributed by atoms with Crippen molar-refractivity contribution in [2.24, 2.45) is 33.2 Å². The molecule has 3 N–H and O–H groups in total. The number of nitrogens with zero attached hydrogens (tertiary/aromatic N) is 3. The monoisotopic (exact) mass is 415 g/mol. The number of hydrogen-bond donors (Lipinski definition) is 3. The van der Waals surface area contributed by atoms with E-state index in [0.717, 1.165) is 0 Å². The molecule has 0 heterocycles. The predicted octanol–water partition coefficient (Wildman–Crippen LogP) is 2.59. The van der Waals surface area contributed by atoms with Crippen LogP contribution in [0.25, 0.3) is 10.4 Å². The molecule has 2 saturated carbocycles. The summed E-state index contributed by atoms with van der Waals surface area (Å²) in [6, 6.07) is 0. The van der Waals surface area contributed by atoms with Gasteiger partial charge in [0.05, 0.1) is 0 Å². The SMILES string of the molecule is C[C@]12CC(O)C(=O)C=C1C(N=[N+]=[N-])=C[C@H]1[C@@H]3CC[C@](O)(C(=O)CO)[C@@]3(C)CC[C@@]12C. The van der Waals surface area contributed by atoms with Gasteiger partial charge in [0.1, 0.15) is 18.3 Å². The highest BCUT2D eigenvalue weighted by molar-refractivity contribution is 5.96. The van der Waals surface area contributed by atoms with Crippen molar-refractivity contribution in [2.45, 2.75) is 64.6 Å². The maximum Gasteiger partial charge on any atom is 0.190 e. The average Bonchev–Trinajstić information content (AvgIpc) is 2.97. The van der Waals surface area contributed by atoms with Crippen molar-refractivity contribution in [2.75, 3.05) is 6.61 Å². The second-order valence-electron chi connectivity index (χ2n) is 10.2. The molecule has 2 fully saturated rings. The van der Waals surface area contributed by atoms with Crippen molar-refractivity contribution in [1.82, 2.24) is 0 Å². The Hall–Kier alpha value is -1.99. The summed E-state index contributed by atoms with van der Waals surface area (Å²) in [5.41, 5.74) is 6.96. The molecule has 30 heavy (non-hydrogen) atoms. The molecule has 4 aliphatic rings. The van der Waals surface area contributed by atoms with Gasteiger partial charge in [-0.15, -0.1) is 0 Å². The minimum Gasteiger partial charge on any atom is -0.388 e. The first kappa shape index (κ1) is 21.2. The molecule has 0 radical (unpaired) electrons. The molecule has 1 unspecified atom stereocenters. The zero-order valence-electron chi connectivity index (χ0n) is 17.6. The van der Waals surface area contributed by atoms with E-state index < -0.39 is 34.9 Å². The fraction of sp³-hybridized carbons (Fsp3) is 0.727. The van der Waals surface area contributed by atoms with Crippen LogP contribution in [0.2, 0.25) is 0 Å². The molecule has 0 amide bonds. The Morgan fingerprint density at radius 3 is 2.57 bits per heavy atom. The first-order chi connectivity index (χ1) is 14.0. The van der Waals surface area contributed by atoms with Crippen LogP contribution in [0.5, 0.6) is 0 Å². The van der Waals surface area contributed by atoms with E-state index in [1.807, 2.05) is 19.9 Å². The molecule has 0 saturated heterocycles. The number of rotatable bonds is 3. The van der Waals surface area contributed by atoms with Crippen LogP contribution < -0.4 is 0 Å². The van der Waals surface area contributed by atoms with Crippen LogP contribution >= 0.6 is 0 Å². The number of fused-ring (bicyclic) bond motifs is 5. The van der Waals surface area contributed by atoms with Crippen LogP contribution in [0.3, 0.4) is 0 Å². The van der Waals surface area contributed by atoms with E-state index in [9.17, 15) is 24.9 Å². The van der Waals surface area contributed by atoms with E-state index in [4.69, 9.17) is 5.53 Å². The third-order valence-electron chi connectivity index (χ3n) is 9.36. The molecule has 162 valence electrons. The van der Waals surface area contributed by atoms with Gasteiger partial charge in [0.15, 0.2) is 11.6 Å². The largest absolute Gasteiger partial charge is 0.388 e. The zero-order chi connectivity index (χ0) is 22.1. The Labute approximate surface area is 175 Å². The van der Waals surface area contributed by atoms with Gasteiger partial charge >= 0.3 is 0 Å². The zero-order valence-corrected chi connectivity index (χ0v) is 17.6. The number of hydrogen-bond acceptors (Lipinski definition) is 6. The smallest absolute Gasteiger partial charge is 0.190 e. The molecular formula is C22H29N3O5. The maximum atomic E-state index is 12.5. The number of carbonyl (C=O) groups excluding carboxylic acids is 2. The van der Waals surface area contributed by atoms with Gasteiger partial charge in [-0.2, -0.15) is 0 Å². The van der Waals surface area contributed by atoms with E-state index in [1.165, 1.54) is 6.08 Å². The lowest BCUT2D eigenvalue weighted by atomic mass is 9.41. The van der Waals surface area contributed by atoms with Crippen molar-refractivity contribution < 1.29 is 24.9 Å². The highest BCUT2D eigenvalue weighted by Crippen LogP contribution is 2.72. The molecule has 7 atom stereocenters. The fourth-order valence-electron chi connectivity index (χ4n) is 7.19. The number of ketones is 2. The number of allylic oxidation sites excluding steroid dienone is 2. The summed E-state index contributed by atoms with van der Waals surface area (Å²) >= 11 is 0. The van der Waals surface area contributed by atoms with E-state index >= 15 is 0 Å². The van der Waals surface area contributed by atoms with Crippen LogP contribution in [0.15, 0.2) is 28.5 Å². The van der Waals surface area contributed by atoms with Gasteiger partial charge in [-0.3, -0.25) is 9.59 Å². The van der Waals surface area contributed by atoms with E-state index in [1.54, 1.807) is 0 Å². The molecule has 8 nitrogen and oxygen atoms in total. The number of Topliss-reactive ketones (excluding diaryl/α,β-unsaturated/α-hetero) is 1. The summed E-state index contributed by atoms with van der Waals surface area (Å²) in [5.74, 6) is -1.10. The normalized spacial score (nSPS) is 47.3. The van der Waals surface area contributed by atoms with Gasteiger partial charge < -0.3 is 15.3 Å². The first-order valence-corrected chi connectivity index (χ1v) is 10.6. The minimum absolute atomic E-state index is 0.0613. The number of aliphatic hydroxyl groups excluding tert-OH is 2. The number of aliphatic hydroxyl groups is 3. The molecule has 0 bridgehead atoms. The van der Waals surface area contributed by atoms with E-state index in [0.29, 0.717) is 30.5 Å². The van der Waals surface area contributed by atoms with Gasteiger partial charge in [0, 0.05) is 21.4 Å². The Balaban J connectivity index is 1.90. The second kappa shape index (κ2) is 6.50.